The third-order valence-electron chi connectivity index (χ3n) is 5.49. The van der Waals surface area contributed by atoms with Crippen LogP contribution in [0.1, 0.15) is 43.4 Å². The standard InChI is InChI=1S/C23H33ClO5S.Ac/c1-29-15-17(26)6-4-2-3-5-7-19-20(22(28)14-21(19)27)12-9-16(25)8-10-18-11-13-23(24)30-18;/h3,5,9,11-13,16,19-22,25,27-28H,2,4,6-8,10,14-15H2,1H3;/b5-3-,12-9+;/t16?,19-,20-,21?,22?;/m1./s1. The number of hydrogen-bond acceptors (Lipinski definition) is 6. The fraction of sp³-hybridized carbons (Fsp3) is 0.609. The Morgan fingerprint density at radius 1 is 1.32 bits per heavy atom. The van der Waals surface area contributed by atoms with Gasteiger partial charge in [0.25, 0.3) is 0 Å². The molecule has 1 aliphatic rings. The van der Waals surface area contributed by atoms with E-state index < -0.39 is 18.3 Å². The third kappa shape index (κ3) is 10.9. The first-order valence-electron chi connectivity index (χ1n) is 10.5. The number of unbranched alkanes of at least 4 members (excludes halogenated alkanes) is 1. The number of carbonyl (C=O) groups is 1. The predicted molar refractivity (Wildman–Crippen MR) is 121 cm³/mol. The number of allylic oxidation sites excluding steroid dienone is 2. The maximum absolute atomic E-state index is 11.4. The van der Waals surface area contributed by atoms with Gasteiger partial charge in [-0.1, -0.05) is 35.9 Å². The number of ketones is 1. The molecule has 1 fully saturated rings. The van der Waals surface area contributed by atoms with Crippen molar-refractivity contribution in [3.05, 3.63) is 45.7 Å². The van der Waals surface area contributed by atoms with Crippen molar-refractivity contribution >= 4 is 28.7 Å². The van der Waals surface area contributed by atoms with Crippen LogP contribution in [0.2, 0.25) is 4.34 Å². The Balaban J connectivity index is 0.00000480. The van der Waals surface area contributed by atoms with Crippen LogP contribution in [0.5, 0.6) is 0 Å². The summed E-state index contributed by atoms with van der Waals surface area (Å²) in [4.78, 5) is 12.6. The van der Waals surface area contributed by atoms with Gasteiger partial charge in [-0.2, -0.15) is 0 Å². The molecule has 1 aliphatic carbocycles. The third-order valence-corrected chi connectivity index (χ3v) is 6.78. The zero-order chi connectivity index (χ0) is 21.9. The Hall–Kier alpha value is 0.422. The minimum absolute atomic E-state index is 0. The number of methoxy groups -OCH3 is 1. The van der Waals surface area contributed by atoms with Gasteiger partial charge >= 0.3 is 0 Å². The number of rotatable bonds is 13. The van der Waals surface area contributed by atoms with Crippen molar-refractivity contribution in [3.63, 3.8) is 0 Å². The normalized spacial score (nSPS) is 24.7. The first kappa shape index (κ1) is 29.5. The fourth-order valence-corrected chi connectivity index (χ4v) is 4.96. The number of aliphatic hydroxyl groups is 3. The van der Waals surface area contributed by atoms with Gasteiger partial charge in [0.05, 0.1) is 22.6 Å². The molecule has 31 heavy (non-hydrogen) atoms. The van der Waals surface area contributed by atoms with E-state index in [9.17, 15) is 20.1 Å². The summed E-state index contributed by atoms with van der Waals surface area (Å²) >= 11 is 7.45. The second kappa shape index (κ2) is 16.1. The number of hydrogen-bond donors (Lipinski definition) is 3. The average molecular weight is 684 g/mol. The summed E-state index contributed by atoms with van der Waals surface area (Å²) < 4.78 is 5.56. The summed E-state index contributed by atoms with van der Waals surface area (Å²) in [7, 11) is 1.52. The maximum Gasteiger partial charge on any atom is 0.158 e. The zero-order valence-corrected chi connectivity index (χ0v) is 24.3. The van der Waals surface area contributed by atoms with Crippen LogP contribution >= 0.6 is 22.9 Å². The molecule has 0 amide bonds. The minimum Gasteiger partial charge on any atom is -0.393 e. The molecule has 171 valence electrons. The van der Waals surface area contributed by atoms with Crippen LogP contribution in [0.15, 0.2) is 36.4 Å². The van der Waals surface area contributed by atoms with Crippen molar-refractivity contribution in [1.29, 1.82) is 0 Å². The van der Waals surface area contributed by atoms with E-state index in [4.69, 9.17) is 16.3 Å². The summed E-state index contributed by atoms with van der Waals surface area (Å²) in [6, 6.07) is 3.83. The molecule has 0 bridgehead atoms. The van der Waals surface area contributed by atoms with Crippen molar-refractivity contribution in [2.45, 2.75) is 63.3 Å². The molecule has 1 aromatic rings. The fourth-order valence-electron chi connectivity index (χ4n) is 3.86. The van der Waals surface area contributed by atoms with Crippen LogP contribution in [0.25, 0.3) is 0 Å². The largest absolute Gasteiger partial charge is 0.393 e. The van der Waals surface area contributed by atoms with Crippen LogP contribution in [0.3, 0.4) is 0 Å². The smallest absolute Gasteiger partial charge is 0.158 e. The van der Waals surface area contributed by atoms with Gasteiger partial charge in [-0.15, -0.1) is 11.3 Å². The number of aryl methyl sites for hydroxylation is 1. The van der Waals surface area contributed by atoms with Crippen molar-refractivity contribution in [1.82, 2.24) is 0 Å². The van der Waals surface area contributed by atoms with Crippen molar-refractivity contribution < 1.29 is 68.9 Å². The van der Waals surface area contributed by atoms with Crippen LogP contribution in [0, 0.1) is 55.9 Å². The van der Waals surface area contributed by atoms with E-state index in [1.165, 1.54) is 18.4 Å². The van der Waals surface area contributed by atoms with E-state index in [1.54, 1.807) is 6.08 Å². The Labute approximate surface area is 230 Å². The number of ether oxygens (including phenoxy) is 1. The van der Waals surface area contributed by atoms with Crippen molar-refractivity contribution in [2.75, 3.05) is 13.7 Å². The van der Waals surface area contributed by atoms with Crippen molar-refractivity contribution in [2.24, 2.45) is 11.8 Å². The van der Waals surface area contributed by atoms with Crippen LogP contribution in [0.4, 0.5) is 0 Å². The number of Topliss-reactive ketones (excluding diaryl/α,β-unsaturated/α-hetero) is 1. The summed E-state index contributed by atoms with van der Waals surface area (Å²) in [6.45, 7) is 0.163. The molecule has 0 saturated heterocycles. The van der Waals surface area contributed by atoms with Crippen LogP contribution < -0.4 is 0 Å². The Morgan fingerprint density at radius 2 is 2.10 bits per heavy atom. The molecule has 1 radical (unpaired) electrons. The summed E-state index contributed by atoms with van der Waals surface area (Å²) in [5.74, 6) is -0.157. The van der Waals surface area contributed by atoms with Gasteiger partial charge in [-0.25, -0.2) is 0 Å². The first-order valence-corrected chi connectivity index (χ1v) is 11.7. The van der Waals surface area contributed by atoms with E-state index in [0.717, 1.165) is 28.5 Å². The SMILES string of the molecule is COCC(=O)CCC/C=C\C[C@H]1C(O)CC(O)[C@@H]1/C=C/C(O)CCc1ccc(Cl)s1.[Ac]. The molecule has 8 heteroatoms. The van der Waals surface area contributed by atoms with Gasteiger partial charge in [0.2, 0.25) is 0 Å². The van der Waals surface area contributed by atoms with Gasteiger partial charge in [-0.05, 0) is 50.2 Å². The van der Waals surface area contributed by atoms with E-state index >= 15 is 0 Å². The van der Waals surface area contributed by atoms with Gasteiger partial charge in [0.15, 0.2) is 5.78 Å². The average Bonchev–Trinajstić information content (AvgIpc) is 3.23. The summed E-state index contributed by atoms with van der Waals surface area (Å²) in [6.07, 6.45) is 10.3. The number of carbonyl (C=O) groups excluding carboxylic acids is 1. The molecule has 0 aromatic carbocycles. The molecule has 5 nitrogen and oxygen atoms in total. The van der Waals surface area contributed by atoms with Gasteiger partial charge < -0.3 is 20.1 Å². The Kier molecular flexibility index (Phi) is 15.3. The van der Waals surface area contributed by atoms with Crippen molar-refractivity contribution in [3.8, 4) is 0 Å². The van der Waals surface area contributed by atoms with E-state index in [2.05, 4.69) is 0 Å². The maximum atomic E-state index is 11.4. The number of aliphatic hydroxyl groups excluding tert-OH is 3. The topological polar surface area (TPSA) is 87.0 Å². The van der Waals surface area contributed by atoms with E-state index in [1.807, 2.05) is 30.4 Å². The zero-order valence-electron chi connectivity index (χ0n) is 18.0. The van der Waals surface area contributed by atoms with Crippen LogP contribution in [-0.4, -0.2) is 53.1 Å². The molecular weight excluding hydrogens is 651 g/mol. The molecule has 5 atom stereocenters. The van der Waals surface area contributed by atoms with Gasteiger partial charge in [0.1, 0.15) is 6.61 Å². The van der Waals surface area contributed by atoms with E-state index in [0.29, 0.717) is 25.7 Å². The number of halogens is 1. The second-order valence-corrected chi connectivity index (χ2v) is 9.68. The molecular formula is C23H33AcClO5S. The summed E-state index contributed by atoms with van der Waals surface area (Å²) in [5, 5.41) is 30.9. The molecule has 3 unspecified atom stereocenters. The Bertz CT molecular complexity index is 708. The molecule has 1 aromatic heterocycles. The Morgan fingerprint density at radius 3 is 2.77 bits per heavy atom. The molecule has 0 spiro atoms. The van der Waals surface area contributed by atoms with Gasteiger partial charge in [0, 0.05) is 74.8 Å². The molecule has 2 rings (SSSR count). The van der Waals surface area contributed by atoms with Gasteiger partial charge in [-0.3, -0.25) is 4.79 Å². The van der Waals surface area contributed by atoms with Crippen LogP contribution in [-0.2, 0) is 16.0 Å². The quantitative estimate of drug-likeness (QED) is 0.217. The monoisotopic (exact) mass is 683 g/mol. The summed E-state index contributed by atoms with van der Waals surface area (Å²) in [5.41, 5.74) is 0. The molecule has 1 heterocycles. The molecule has 0 aliphatic heterocycles. The molecule has 1 saturated carbocycles. The molecule has 3 N–H and O–H groups in total. The second-order valence-electron chi connectivity index (χ2n) is 7.88. The minimum atomic E-state index is -0.607. The number of thiophene rings is 1. The predicted octanol–water partition coefficient (Wildman–Crippen LogP) is 3.94. The van der Waals surface area contributed by atoms with E-state index in [-0.39, 0.29) is 68.3 Å². The first-order chi connectivity index (χ1) is 14.4.